The Kier molecular flexibility index (Phi) is 4.88. The molecule has 2 N–H and O–H groups in total. The summed E-state index contributed by atoms with van der Waals surface area (Å²) >= 11 is 11.9. The maximum Gasteiger partial charge on any atom is 0.261 e. The number of carbonyl (C=O) groups is 1. The summed E-state index contributed by atoms with van der Waals surface area (Å²) in [5.41, 5.74) is 0.756. The molecule has 0 aliphatic heterocycles. The number of rotatable bonds is 3. The highest BCUT2D eigenvalue weighted by atomic mass is 35.5. The summed E-state index contributed by atoms with van der Waals surface area (Å²) in [6.07, 6.45) is 0. The molecule has 7 heteroatoms. The predicted octanol–water partition coefficient (Wildman–Crippen LogP) is 4.74. The third-order valence-electron chi connectivity index (χ3n) is 3.51. The van der Waals surface area contributed by atoms with Crippen molar-refractivity contribution in [1.29, 1.82) is 0 Å². The number of H-pyrrole nitrogens is 1. The third-order valence-corrected chi connectivity index (χ3v) is 4.33. The van der Waals surface area contributed by atoms with E-state index in [1.165, 1.54) is 30.3 Å². The maximum atomic E-state index is 13.0. The number of hydrogen-bond donors (Lipinski definition) is 2. The van der Waals surface area contributed by atoms with Crippen LogP contribution < -0.4 is 10.9 Å². The Bertz CT molecular complexity index is 1000. The van der Waals surface area contributed by atoms with Gasteiger partial charge >= 0.3 is 0 Å². The highest BCUT2D eigenvalue weighted by Gasteiger charge is 2.14. The van der Waals surface area contributed by atoms with Crippen molar-refractivity contribution in [3.63, 3.8) is 0 Å². The van der Waals surface area contributed by atoms with Crippen molar-refractivity contribution in [3.8, 4) is 11.3 Å². The van der Waals surface area contributed by atoms with Crippen LogP contribution in [0.3, 0.4) is 0 Å². The van der Waals surface area contributed by atoms with E-state index in [1.54, 1.807) is 24.3 Å². The zero-order valence-corrected chi connectivity index (χ0v) is 14.2. The largest absolute Gasteiger partial charge is 0.321 e. The summed E-state index contributed by atoms with van der Waals surface area (Å²) in [5, 5.41) is 3.03. The molecule has 4 nitrogen and oxygen atoms in total. The number of pyridine rings is 1. The molecule has 0 radical (unpaired) electrons. The van der Waals surface area contributed by atoms with Crippen molar-refractivity contribution in [2.24, 2.45) is 0 Å². The monoisotopic (exact) mass is 376 g/mol. The first-order valence-corrected chi connectivity index (χ1v) is 7.96. The molecule has 2 aromatic carbocycles. The van der Waals surface area contributed by atoms with E-state index in [9.17, 15) is 14.0 Å². The van der Waals surface area contributed by atoms with E-state index in [-0.39, 0.29) is 16.4 Å². The normalized spacial score (nSPS) is 10.5. The van der Waals surface area contributed by atoms with Crippen LogP contribution in [0.2, 0.25) is 10.0 Å². The first-order valence-electron chi connectivity index (χ1n) is 7.20. The van der Waals surface area contributed by atoms with Gasteiger partial charge in [0.1, 0.15) is 11.4 Å². The van der Waals surface area contributed by atoms with Gasteiger partial charge in [-0.15, -0.1) is 0 Å². The number of amides is 1. The van der Waals surface area contributed by atoms with E-state index >= 15 is 0 Å². The molecule has 0 unspecified atom stereocenters. The first kappa shape index (κ1) is 17.2. The van der Waals surface area contributed by atoms with Crippen molar-refractivity contribution in [2.75, 3.05) is 5.32 Å². The Morgan fingerprint density at radius 3 is 2.40 bits per heavy atom. The van der Waals surface area contributed by atoms with Crippen molar-refractivity contribution in [3.05, 3.63) is 86.4 Å². The Hall–Kier alpha value is -2.63. The lowest BCUT2D eigenvalue weighted by atomic mass is 10.1. The van der Waals surface area contributed by atoms with Gasteiger partial charge in [0.05, 0.1) is 15.7 Å². The number of carbonyl (C=O) groups excluding carboxylic acids is 1. The lowest BCUT2D eigenvalue weighted by Gasteiger charge is -2.08. The van der Waals surface area contributed by atoms with Gasteiger partial charge in [-0.25, -0.2) is 4.39 Å². The van der Waals surface area contributed by atoms with E-state index in [2.05, 4.69) is 10.3 Å². The number of aromatic amines is 1. The van der Waals surface area contributed by atoms with Gasteiger partial charge in [-0.05, 0) is 54.1 Å². The number of anilines is 1. The van der Waals surface area contributed by atoms with Gasteiger partial charge in [0.25, 0.3) is 11.5 Å². The summed E-state index contributed by atoms with van der Waals surface area (Å²) in [6, 6.07) is 13.4. The van der Waals surface area contributed by atoms with Crippen LogP contribution in [0.5, 0.6) is 0 Å². The van der Waals surface area contributed by atoms with E-state index in [4.69, 9.17) is 23.2 Å². The number of halogens is 3. The minimum absolute atomic E-state index is 0.0816. The molecule has 0 atom stereocenters. The zero-order chi connectivity index (χ0) is 18.0. The number of nitrogens with one attached hydrogen (secondary N) is 2. The van der Waals surface area contributed by atoms with Crippen molar-refractivity contribution in [1.82, 2.24) is 4.98 Å². The number of aromatic nitrogens is 1. The Morgan fingerprint density at radius 1 is 1.00 bits per heavy atom. The topological polar surface area (TPSA) is 62.0 Å². The van der Waals surface area contributed by atoms with Crippen LogP contribution in [0.4, 0.5) is 10.1 Å². The number of benzene rings is 2. The summed E-state index contributed by atoms with van der Waals surface area (Å²) < 4.78 is 13.0. The smallest absolute Gasteiger partial charge is 0.261 e. The molecular weight excluding hydrogens is 366 g/mol. The molecule has 3 aromatic rings. The van der Waals surface area contributed by atoms with Gasteiger partial charge in [0, 0.05) is 5.69 Å². The van der Waals surface area contributed by atoms with Gasteiger partial charge < -0.3 is 10.3 Å². The maximum absolute atomic E-state index is 13.0. The fourth-order valence-electron chi connectivity index (χ4n) is 2.24. The average molecular weight is 377 g/mol. The minimum Gasteiger partial charge on any atom is -0.321 e. The first-order chi connectivity index (χ1) is 12.0. The summed E-state index contributed by atoms with van der Waals surface area (Å²) in [4.78, 5) is 27.1. The third kappa shape index (κ3) is 3.73. The lowest BCUT2D eigenvalue weighted by Crippen LogP contribution is -2.23. The molecule has 3 rings (SSSR count). The molecule has 0 bridgehead atoms. The second-order valence-corrected chi connectivity index (χ2v) is 5.96. The SMILES string of the molecule is O=C(Nc1cccc(Cl)c1Cl)c1ccc(-c2ccc(F)cc2)[nH]c1=O. The van der Waals surface area contributed by atoms with Crippen molar-refractivity contribution < 1.29 is 9.18 Å². The summed E-state index contributed by atoms with van der Waals surface area (Å²) in [6.45, 7) is 0. The fraction of sp³-hybridized carbons (Fsp3) is 0. The fourth-order valence-corrected chi connectivity index (χ4v) is 2.59. The average Bonchev–Trinajstić information content (AvgIpc) is 2.59. The molecule has 0 saturated carbocycles. The molecule has 1 heterocycles. The van der Waals surface area contributed by atoms with Gasteiger partial charge in [-0.2, -0.15) is 0 Å². The van der Waals surface area contributed by atoms with Crippen LogP contribution in [0.15, 0.2) is 59.4 Å². The second-order valence-electron chi connectivity index (χ2n) is 5.18. The van der Waals surface area contributed by atoms with Gasteiger partial charge in [-0.3, -0.25) is 9.59 Å². The number of hydrogen-bond acceptors (Lipinski definition) is 2. The van der Waals surface area contributed by atoms with Crippen LogP contribution in [0, 0.1) is 5.82 Å². The quantitative estimate of drug-likeness (QED) is 0.693. The minimum atomic E-state index is -0.615. The van der Waals surface area contributed by atoms with Crippen LogP contribution in [0.25, 0.3) is 11.3 Å². The molecular formula is C18H11Cl2FN2O2. The molecule has 0 saturated heterocycles. The molecule has 0 aliphatic carbocycles. The Labute approximate surface area is 152 Å². The molecule has 0 fully saturated rings. The molecule has 25 heavy (non-hydrogen) atoms. The molecule has 0 aliphatic rings. The second kappa shape index (κ2) is 7.09. The van der Waals surface area contributed by atoms with E-state index in [1.807, 2.05) is 0 Å². The highest BCUT2D eigenvalue weighted by molar-refractivity contribution is 6.44. The lowest BCUT2D eigenvalue weighted by molar-refractivity contribution is 0.102. The van der Waals surface area contributed by atoms with E-state index < -0.39 is 11.5 Å². The molecule has 126 valence electrons. The molecule has 1 amide bonds. The standard InChI is InChI=1S/C18H11Cl2FN2O2/c19-13-2-1-3-15(16(13)20)23-18(25)12-8-9-14(22-17(12)24)10-4-6-11(21)7-5-10/h1-9H,(H,22,24)(H,23,25). The van der Waals surface area contributed by atoms with Crippen molar-refractivity contribution in [2.45, 2.75) is 0 Å². The highest BCUT2D eigenvalue weighted by Crippen LogP contribution is 2.29. The van der Waals surface area contributed by atoms with Crippen LogP contribution in [-0.2, 0) is 0 Å². The Balaban J connectivity index is 1.88. The van der Waals surface area contributed by atoms with Crippen molar-refractivity contribution >= 4 is 34.8 Å². The molecule has 1 aromatic heterocycles. The van der Waals surface area contributed by atoms with E-state index in [0.29, 0.717) is 22.0 Å². The van der Waals surface area contributed by atoms with Crippen LogP contribution in [0.1, 0.15) is 10.4 Å². The van der Waals surface area contributed by atoms with Crippen LogP contribution in [-0.4, -0.2) is 10.9 Å². The van der Waals surface area contributed by atoms with E-state index in [0.717, 1.165) is 0 Å². The van der Waals surface area contributed by atoms with Gasteiger partial charge in [-0.1, -0.05) is 29.3 Å². The zero-order valence-electron chi connectivity index (χ0n) is 12.6. The summed E-state index contributed by atoms with van der Waals surface area (Å²) in [7, 11) is 0. The molecule has 0 spiro atoms. The Morgan fingerprint density at radius 2 is 1.72 bits per heavy atom. The summed E-state index contributed by atoms with van der Waals surface area (Å²) in [5.74, 6) is -0.989. The van der Waals surface area contributed by atoms with Gasteiger partial charge in [0.15, 0.2) is 0 Å². The van der Waals surface area contributed by atoms with Crippen LogP contribution >= 0.6 is 23.2 Å². The predicted molar refractivity (Wildman–Crippen MR) is 96.9 cm³/mol. The van der Waals surface area contributed by atoms with Gasteiger partial charge in [0.2, 0.25) is 0 Å².